The molecule has 4 rings (SSSR count). The number of nitrogens with zero attached hydrogens (tertiary/aromatic N) is 3. The SMILES string of the molecule is C=C(C)[C@@H]1CCC(C)=C[C@H]1c1c(O)cc(CCCCC)cc1OC(=O)OC/C=C1\[C@H](NC(=O)/C(=N\OC(C)(C)C(=O)O)C2=CCC(N)=N2)C(=O)N1S(=O)(=O)O. The van der Waals surface area contributed by atoms with Crippen molar-refractivity contribution in [1.82, 2.24) is 9.62 Å². The van der Waals surface area contributed by atoms with Crippen LogP contribution in [0.5, 0.6) is 11.5 Å². The van der Waals surface area contributed by atoms with Crippen molar-refractivity contribution in [3.63, 3.8) is 0 Å². The zero-order chi connectivity index (χ0) is 40.8. The maximum absolute atomic E-state index is 13.4. The van der Waals surface area contributed by atoms with Crippen LogP contribution in [0.3, 0.4) is 0 Å². The molecule has 0 bridgehead atoms. The van der Waals surface area contributed by atoms with Gasteiger partial charge in [0, 0.05) is 17.9 Å². The van der Waals surface area contributed by atoms with E-state index in [-0.39, 0.29) is 45.6 Å². The molecule has 3 atom stereocenters. The topological polar surface area (TPSA) is 257 Å². The highest BCUT2D eigenvalue weighted by Gasteiger charge is 2.50. The molecule has 1 saturated heterocycles. The number of nitrogens with one attached hydrogen (secondary N) is 1. The molecule has 6 N–H and O–H groups in total. The third-order valence-corrected chi connectivity index (χ3v) is 10.1. The number of hydrogen-bond donors (Lipinski definition) is 5. The van der Waals surface area contributed by atoms with Gasteiger partial charge in [-0.05, 0) is 89.1 Å². The lowest BCUT2D eigenvalue weighted by molar-refractivity contribution is -0.161. The number of ether oxygens (including phenoxy) is 2. The first-order valence-corrected chi connectivity index (χ1v) is 19.0. The highest BCUT2D eigenvalue weighted by atomic mass is 32.2. The number of amidine groups is 1. The average molecular weight is 786 g/mol. The van der Waals surface area contributed by atoms with Gasteiger partial charge in [0.15, 0.2) is 11.8 Å². The lowest BCUT2D eigenvalue weighted by Crippen LogP contribution is -2.64. The van der Waals surface area contributed by atoms with Crippen molar-refractivity contribution in [3.05, 3.63) is 70.6 Å². The molecular weight excluding hydrogens is 738 g/mol. The molecule has 0 spiro atoms. The lowest BCUT2D eigenvalue weighted by Gasteiger charge is -2.38. The first-order valence-electron chi connectivity index (χ1n) is 17.6. The smallest absolute Gasteiger partial charge is 0.507 e. The highest BCUT2D eigenvalue weighted by Crippen LogP contribution is 2.47. The van der Waals surface area contributed by atoms with Crippen LogP contribution < -0.4 is 15.8 Å². The second-order valence-corrected chi connectivity index (χ2v) is 15.3. The number of hydrogen-bond acceptors (Lipinski definition) is 13. The first-order chi connectivity index (χ1) is 25.7. The van der Waals surface area contributed by atoms with E-state index < -0.39 is 63.9 Å². The van der Waals surface area contributed by atoms with Crippen molar-refractivity contribution in [1.29, 1.82) is 0 Å². The predicted molar refractivity (Wildman–Crippen MR) is 200 cm³/mol. The van der Waals surface area contributed by atoms with Gasteiger partial charge in [0.05, 0.1) is 11.4 Å². The van der Waals surface area contributed by atoms with Crippen molar-refractivity contribution in [2.75, 3.05) is 6.61 Å². The Morgan fingerprint density at radius 1 is 1.24 bits per heavy atom. The fourth-order valence-corrected chi connectivity index (χ4v) is 7.02. The summed E-state index contributed by atoms with van der Waals surface area (Å²) in [4.78, 5) is 60.0. The summed E-state index contributed by atoms with van der Waals surface area (Å²) in [5.41, 5.74) is 5.75. The number of aromatic hydroxyl groups is 1. The normalized spacial score (nSPS) is 20.9. The molecule has 3 aliphatic rings. The van der Waals surface area contributed by atoms with Gasteiger partial charge >= 0.3 is 22.4 Å². The lowest BCUT2D eigenvalue weighted by atomic mass is 9.73. The number of benzene rings is 1. The number of carboxylic acid groups (broad SMARTS) is 1. The largest absolute Gasteiger partial charge is 0.514 e. The Balaban J connectivity index is 1.59. The van der Waals surface area contributed by atoms with Gasteiger partial charge in [-0.15, -0.1) is 0 Å². The molecule has 17 nitrogen and oxygen atoms in total. The summed E-state index contributed by atoms with van der Waals surface area (Å²) in [5, 5.41) is 26.6. The molecule has 1 aliphatic carbocycles. The van der Waals surface area contributed by atoms with E-state index in [1.54, 1.807) is 12.1 Å². The third-order valence-electron chi connectivity index (χ3n) is 9.24. The standard InChI is InChI=1S/C37H47N5O12S/c1-7-8-9-10-22-18-27(43)30(24-17-21(4)11-12-23(24)20(2)3)28(19-22)53-36(48)52-16-15-26-32(34(45)42(26)55(49,50)51)40-33(44)31(25-13-14-29(38)39-25)41-54-37(5,6)35(46)47/h13,15,17-19,23-24,32,43H,2,7-12,14,16H2,1,3-6H3,(H2,38,39)(H,40,44)(H,46,47)(H,49,50,51)/b26-15+,41-31-/t23-,24+,32-/m0/s1. The van der Waals surface area contributed by atoms with Crippen LogP contribution >= 0.6 is 0 Å². The molecule has 55 heavy (non-hydrogen) atoms. The van der Waals surface area contributed by atoms with E-state index in [0.29, 0.717) is 12.0 Å². The van der Waals surface area contributed by atoms with Crippen molar-refractivity contribution in [3.8, 4) is 11.5 Å². The summed E-state index contributed by atoms with van der Waals surface area (Å²) in [7, 11) is -5.19. The van der Waals surface area contributed by atoms with E-state index in [0.717, 1.165) is 54.9 Å². The summed E-state index contributed by atoms with van der Waals surface area (Å²) in [6, 6.07) is 1.62. The van der Waals surface area contributed by atoms with E-state index in [1.165, 1.54) is 19.9 Å². The van der Waals surface area contributed by atoms with Crippen LogP contribution in [0.25, 0.3) is 0 Å². The molecule has 1 aromatic rings. The number of carbonyl (C=O) groups excluding carboxylic acids is 3. The zero-order valence-electron chi connectivity index (χ0n) is 31.3. The van der Waals surface area contributed by atoms with Crippen molar-refractivity contribution < 1.29 is 56.7 Å². The second-order valence-electron chi connectivity index (χ2n) is 14.0. The first kappa shape index (κ1) is 42.3. The summed E-state index contributed by atoms with van der Waals surface area (Å²) in [6.45, 7) is 11.7. The van der Waals surface area contributed by atoms with Gasteiger partial charge in [-0.25, -0.2) is 14.6 Å². The fraction of sp³-hybridized carbons (Fsp3) is 0.459. The van der Waals surface area contributed by atoms with Gasteiger partial charge in [0.1, 0.15) is 23.9 Å². The number of unbranched alkanes of at least 4 members (excludes halogenated alkanes) is 2. The van der Waals surface area contributed by atoms with Gasteiger partial charge in [-0.2, -0.15) is 12.7 Å². The van der Waals surface area contributed by atoms with Crippen molar-refractivity contribution in [2.24, 2.45) is 21.8 Å². The fourth-order valence-electron chi connectivity index (χ4n) is 6.24. The maximum atomic E-state index is 13.4. The molecule has 0 unspecified atom stereocenters. The van der Waals surface area contributed by atoms with Gasteiger partial charge in [-0.1, -0.05) is 48.7 Å². The Hall–Kier alpha value is -5.49. The monoisotopic (exact) mass is 785 g/mol. The second kappa shape index (κ2) is 17.3. The summed E-state index contributed by atoms with van der Waals surface area (Å²) >= 11 is 0. The molecule has 0 radical (unpaired) electrons. The molecular formula is C37H47N5O12S. The Morgan fingerprint density at radius 2 is 1.95 bits per heavy atom. The number of phenolic OH excluding ortho intramolecular Hbond substituents is 1. The number of nitrogens with two attached hydrogens (primary N) is 1. The summed E-state index contributed by atoms with van der Waals surface area (Å²) in [5.74, 6) is -4.12. The highest BCUT2D eigenvalue weighted by molar-refractivity contribution is 7.84. The minimum atomic E-state index is -5.19. The average Bonchev–Trinajstić information content (AvgIpc) is 3.51. The van der Waals surface area contributed by atoms with Crippen LogP contribution in [0.2, 0.25) is 0 Å². The third kappa shape index (κ3) is 10.2. The van der Waals surface area contributed by atoms with Crippen LogP contribution in [0.1, 0.15) is 90.2 Å². The molecule has 0 aromatic heterocycles. The summed E-state index contributed by atoms with van der Waals surface area (Å²) < 4.78 is 44.9. The number of aryl methyl sites for hydroxylation is 1. The Bertz CT molecular complexity index is 2010. The van der Waals surface area contributed by atoms with Crippen LogP contribution in [0.15, 0.2) is 69.6 Å². The molecule has 1 aromatic carbocycles. The van der Waals surface area contributed by atoms with Crippen LogP contribution in [-0.4, -0.2) is 81.2 Å². The zero-order valence-corrected chi connectivity index (χ0v) is 32.1. The van der Waals surface area contributed by atoms with Gasteiger partial charge in [-0.3, -0.25) is 14.1 Å². The summed E-state index contributed by atoms with van der Waals surface area (Å²) in [6.07, 6.45) is 8.25. The number of oxime groups is 1. The van der Waals surface area contributed by atoms with E-state index in [2.05, 4.69) is 29.0 Å². The molecule has 2 aliphatic heterocycles. The maximum Gasteiger partial charge on any atom is 0.514 e. The van der Waals surface area contributed by atoms with Crippen LogP contribution in [0.4, 0.5) is 4.79 Å². The molecule has 0 saturated carbocycles. The number of β-lactam (4-membered cyclic amide) rings is 1. The van der Waals surface area contributed by atoms with Crippen LogP contribution in [0, 0.1) is 5.92 Å². The Labute approximate surface area is 319 Å². The molecule has 2 amide bonds. The van der Waals surface area contributed by atoms with Crippen LogP contribution in [-0.2, 0) is 40.7 Å². The molecule has 298 valence electrons. The number of rotatable bonds is 16. The number of carboxylic acids is 1. The predicted octanol–water partition coefficient (Wildman–Crippen LogP) is 4.55. The Kier molecular flexibility index (Phi) is 13.3. The number of carbonyl (C=O) groups is 4. The van der Waals surface area contributed by atoms with Gasteiger partial charge in [0.25, 0.3) is 11.8 Å². The number of allylic oxidation sites excluding steroid dienone is 3. The quantitative estimate of drug-likeness (QED) is 0.0226. The van der Waals surface area contributed by atoms with Crippen molar-refractivity contribution in [2.45, 2.75) is 97.1 Å². The minimum absolute atomic E-state index is 0.0100. The van der Waals surface area contributed by atoms with E-state index in [1.807, 2.05) is 19.9 Å². The minimum Gasteiger partial charge on any atom is -0.507 e. The van der Waals surface area contributed by atoms with E-state index >= 15 is 0 Å². The van der Waals surface area contributed by atoms with E-state index in [9.17, 15) is 42.4 Å². The molecule has 18 heteroatoms. The molecule has 2 heterocycles. The van der Waals surface area contributed by atoms with Gasteiger partial charge < -0.3 is 35.6 Å². The number of aliphatic imine (C=N–C) groups is 1. The van der Waals surface area contributed by atoms with Crippen molar-refractivity contribution >= 4 is 45.8 Å². The number of amides is 2. The number of phenols is 1. The number of aliphatic carboxylic acids is 1. The van der Waals surface area contributed by atoms with E-state index in [4.69, 9.17) is 20.0 Å². The molecule has 1 fully saturated rings. The Morgan fingerprint density at radius 3 is 2.55 bits per heavy atom. The van der Waals surface area contributed by atoms with Gasteiger partial charge in [0.2, 0.25) is 5.60 Å².